The maximum atomic E-state index is 2.41. The molecule has 0 spiro atoms. The summed E-state index contributed by atoms with van der Waals surface area (Å²) in [6.45, 7) is 4.31. The van der Waals surface area contributed by atoms with E-state index in [0.717, 1.165) is 11.4 Å². The standard InChI is InChI=1S/2C49H34N2/c1-33-19-26-47-43(29-33)45-32-39(38-22-27-48-44(31-38)42-17-8-9-18-46(42)50(48)40-15-6-3-7-16-40)23-28-49(45)51(47)41-24-20-35(21-25-41)37-14-10-13-36(30-37)34-11-4-2-5-12-34;1-33-18-20-34(21-19-33)36-10-9-11-37(30-36)35-22-26-41(27-23-35)51-47-17-8-6-15-43(47)45-32-39(25-29-49(45)51)38-24-28-48-44(31-38)42-14-5-7-16-46(42)50(48)40-12-3-2-4-13-40/h2*2-32H,1H3. The van der Waals surface area contributed by atoms with E-state index in [2.05, 4.69) is 408 Å². The molecule has 0 radical (unpaired) electrons. The highest BCUT2D eigenvalue weighted by molar-refractivity contribution is 6.15. The zero-order valence-electron chi connectivity index (χ0n) is 56.6. The Bertz CT molecular complexity index is 6590. The Morgan fingerprint density at radius 1 is 0.137 bits per heavy atom. The lowest BCUT2D eigenvalue weighted by atomic mass is 9.98. The fourth-order valence-corrected chi connectivity index (χ4v) is 15.8. The number of hydrogen-bond acceptors (Lipinski definition) is 0. The summed E-state index contributed by atoms with van der Waals surface area (Å²) < 4.78 is 9.56. The van der Waals surface area contributed by atoms with Gasteiger partial charge in [-0.3, -0.25) is 0 Å². The molecule has 102 heavy (non-hydrogen) atoms. The maximum Gasteiger partial charge on any atom is 0.0541 e. The molecule has 4 heteroatoms. The van der Waals surface area contributed by atoms with Crippen LogP contribution >= 0.6 is 0 Å². The minimum absolute atomic E-state index is 1.16. The summed E-state index contributed by atoms with van der Waals surface area (Å²) in [7, 11) is 0. The zero-order chi connectivity index (χ0) is 67.8. The van der Waals surface area contributed by atoms with Crippen molar-refractivity contribution < 1.29 is 0 Å². The van der Waals surface area contributed by atoms with E-state index in [4.69, 9.17) is 0 Å². The number of aryl methyl sites for hydroxylation is 2. The van der Waals surface area contributed by atoms with Gasteiger partial charge in [-0.1, -0.05) is 248 Å². The molecule has 0 atom stereocenters. The normalized spacial score (nSPS) is 11.6. The van der Waals surface area contributed by atoms with Gasteiger partial charge in [-0.15, -0.1) is 0 Å². The minimum Gasteiger partial charge on any atom is -0.309 e. The molecule has 0 saturated carbocycles. The van der Waals surface area contributed by atoms with Crippen LogP contribution in [0.2, 0.25) is 0 Å². The van der Waals surface area contributed by atoms with E-state index < -0.39 is 0 Å². The molecule has 16 aromatic carbocycles. The van der Waals surface area contributed by atoms with E-state index in [1.54, 1.807) is 0 Å². The van der Waals surface area contributed by atoms with Crippen LogP contribution in [0.25, 0.3) is 177 Å². The van der Waals surface area contributed by atoms with Crippen LogP contribution in [-0.4, -0.2) is 18.3 Å². The molecule has 0 amide bonds. The van der Waals surface area contributed by atoms with Crippen molar-refractivity contribution in [1.29, 1.82) is 0 Å². The van der Waals surface area contributed by atoms with Crippen LogP contribution in [0.4, 0.5) is 0 Å². The van der Waals surface area contributed by atoms with Gasteiger partial charge in [0.05, 0.1) is 44.1 Å². The van der Waals surface area contributed by atoms with Gasteiger partial charge < -0.3 is 18.3 Å². The van der Waals surface area contributed by atoms with E-state index in [1.165, 1.54) is 176 Å². The zero-order valence-corrected chi connectivity index (χ0v) is 56.6. The van der Waals surface area contributed by atoms with Crippen LogP contribution in [0.15, 0.2) is 376 Å². The Morgan fingerprint density at radius 3 is 0.725 bits per heavy atom. The van der Waals surface area contributed by atoms with E-state index in [1.807, 2.05) is 0 Å². The second-order valence-electron chi connectivity index (χ2n) is 27.0. The largest absolute Gasteiger partial charge is 0.309 e. The number of benzene rings is 16. The third kappa shape index (κ3) is 10.5. The number of aromatic nitrogens is 4. The van der Waals surface area contributed by atoms with Crippen molar-refractivity contribution in [1.82, 2.24) is 18.3 Å². The molecule has 0 aliphatic heterocycles. The highest BCUT2D eigenvalue weighted by atomic mass is 15.0. The van der Waals surface area contributed by atoms with Crippen molar-refractivity contribution in [2.75, 3.05) is 0 Å². The van der Waals surface area contributed by atoms with Crippen LogP contribution in [0.1, 0.15) is 11.1 Å². The molecular weight excluding hydrogens is 1230 g/mol. The quantitative estimate of drug-likeness (QED) is 0.130. The second kappa shape index (κ2) is 24.9. The SMILES string of the molecule is Cc1ccc(-c2cccc(-c3ccc(-n4c5ccccc5c5cc(-c6ccc7c(c6)c6ccccc6n7-c6ccccc6)ccc54)cc3)c2)cc1.Cc1ccc2c(c1)c1cc(-c3ccc4c(c3)c3ccccc3n4-c3ccccc3)ccc1n2-c1ccc(-c2cccc(-c3ccccc3)c2)cc1. The third-order valence-electron chi connectivity index (χ3n) is 20.8. The van der Waals surface area contributed by atoms with Gasteiger partial charge in [-0.25, -0.2) is 0 Å². The van der Waals surface area contributed by atoms with Crippen molar-refractivity contribution in [2.45, 2.75) is 13.8 Å². The average Bonchev–Trinajstić information content (AvgIpc) is 2.05. The lowest BCUT2D eigenvalue weighted by Crippen LogP contribution is -1.94. The van der Waals surface area contributed by atoms with Gasteiger partial charge in [-0.2, -0.15) is 0 Å². The average molecular weight is 1300 g/mol. The predicted octanol–water partition coefficient (Wildman–Crippen LogP) is 26.4. The van der Waals surface area contributed by atoms with Crippen LogP contribution in [0.5, 0.6) is 0 Å². The van der Waals surface area contributed by atoms with Crippen LogP contribution in [0.3, 0.4) is 0 Å². The molecule has 0 saturated heterocycles. The molecule has 20 aromatic rings. The van der Waals surface area contributed by atoms with E-state index in [0.29, 0.717) is 0 Å². The van der Waals surface area contributed by atoms with Gasteiger partial charge in [-0.05, 0) is 220 Å². The van der Waals surface area contributed by atoms with Gasteiger partial charge >= 0.3 is 0 Å². The minimum atomic E-state index is 1.16. The van der Waals surface area contributed by atoms with E-state index in [-0.39, 0.29) is 0 Å². The fourth-order valence-electron chi connectivity index (χ4n) is 15.8. The first-order valence-electron chi connectivity index (χ1n) is 35.2. The lowest BCUT2D eigenvalue weighted by Gasteiger charge is -2.11. The van der Waals surface area contributed by atoms with Crippen molar-refractivity contribution in [3.63, 3.8) is 0 Å². The summed E-state index contributed by atoms with van der Waals surface area (Å²) in [6, 6.07) is 137. The molecule has 4 aromatic heterocycles. The van der Waals surface area contributed by atoms with Crippen LogP contribution in [0, 0.1) is 13.8 Å². The number of rotatable bonds is 10. The lowest BCUT2D eigenvalue weighted by molar-refractivity contribution is 1.18. The highest BCUT2D eigenvalue weighted by Gasteiger charge is 2.20. The Kier molecular flexibility index (Phi) is 14.6. The van der Waals surface area contributed by atoms with Crippen LogP contribution < -0.4 is 0 Å². The topological polar surface area (TPSA) is 19.7 Å². The molecule has 0 N–H and O–H groups in total. The van der Waals surface area contributed by atoms with Gasteiger partial charge in [0.25, 0.3) is 0 Å². The fraction of sp³-hybridized carbons (Fsp3) is 0.0204. The molecule has 4 heterocycles. The molecule has 480 valence electrons. The summed E-state index contributed by atoms with van der Waals surface area (Å²) in [5, 5.41) is 10.1. The van der Waals surface area contributed by atoms with Crippen molar-refractivity contribution in [3.8, 4) is 89.5 Å². The van der Waals surface area contributed by atoms with Gasteiger partial charge in [0.2, 0.25) is 0 Å². The molecular formula is C98H68N4. The summed E-state index contributed by atoms with van der Waals surface area (Å²) in [6.07, 6.45) is 0. The summed E-state index contributed by atoms with van der Waals surface area (Å²) in [4.78, 5) is 0. The highest BCUT2D eigenvalue weighted by Crippen LogP contribution is 2.42. The smallest absolute Gasteiger partial charge is 0.0541 e. The Hall–Kier alpha value is -13.3. The number of fused-ring (bicyclic) bond motifs is 12. The maximum absolute atomic E-state index is 2.41. The first kappa shape index (κ1) is 59.9. The number of hydrogen-bond donors (Lipinski definition) is 0. The molecule has 0 bridgehead atoms. The molecule has 0 aliphatic rings. The van der Waals surface area contributed by atoms with Gasteiger partial charge in [0.1, 0.15) is 0 Å². The molecule has 20 rings (SSSR count). The van der Waals surface area contributed by atoms with Crippen molar-refractivity contribution in [2.24, 2.45) is 0 Å². The number of para-hydroxylation sites is 5. The van der Waals surface area contributed by atoms with Crippen molar-refractivity contribution >= 4 is 87.2 Å². The van der Waals surface area contributed by atoms with Crippen LogP contribution in [-0.2, 0) is 0 Å². The van der Waals surface area contributed by atoms with E-state index >= 15 is 0 Å². The second-order valence-corrected chi connectivity index (χ2v) is 27.0. The summed E-state index contributed by atoms with van der Waals surface area (Å²) in [5.74, 6) is 0. The molecule has 0 unspecified atom stereocenters. The predicted molar refractivity (Wildman–Crippen MR) is 432 cm³/mol. The van der Waals surface area contributed by atoms with Gasteiger partial charge in [0.15, 0.2) is 0 Å². The third-order valence-corrected chi connectivity index (χ3v) is 20.8. The van der Waals surface area contributed by atoms with Gasteiger partial charge in [0, 0.05) is 65.8 Å². The number of nitrogens with zero attached hydrogens (tertiary/aromatic N) is 4. The molecule has 0 fully saturated rings. The van der Waals surface area contributed by atoms with E-state index in [9.17, 15) is 0 Å². The first-order chi connectivity index (χ1) is 50.4. The first-order valence-corrected chi connectivity index (χ1v) is 35.2. The molecule has 4 nitrogen and oxygen atoms in total. The Morgan fingerprint density at radius 2 is 0.363 bits per heavy atom. The Balaban J connectivity index is 0.000000141. The summed E-state index contributed by atoms with van der Waals surface area (Å²) >= 11 is 0. The molecule has 0 aliphatic carbocycles. The monoisotopic (exact) mass is 1300 g/mol. The van der Waals surface area contributed by atoms with Crippen molar-refractivity contribution in [3.05, 3.63) is 387 Å². The summed E-state index contributed by atoms with van der Waals surface area (Å²) in [5.41, 5.74) is 31.6. The Labute approximate surface area is 592 Å².